The summed E-state index contributed by atoms with van der Waals surface area (Å²) in [5.74, 6) is 0. The molecule has 0 amide bonds. The fourth-order valence-corrected chi connectivity index (χ4v) is 1.62. The highest BCUT2D eigenvalue weighted by atomic mass is 15.7. The normalized spacial score (nSPS) is 23.5. The Hall–Kier alpha value is -1.14. The van der Waals surface area contributed by atoms with E-state index in [-0.39, 0.29) is 0 Å². The van der Waals surface area contributed by atoms with Gasteiger partial charge in [-0.3, -0.25) is 5.01 Å². The Labute approximate surface area is 90.0 Å². The van der Waals surface area contributed by atoms with Crippen molar-refractivity contribution in [1.29, 1.82) is 0 Å². The van der Waals surface area contributed by atoms with Gasteiger partial charge in [-0.15, -0.1) is 0 Å². The Morgan fingerprint density at radius 2 is 1.73 bits per heavy atom. The van der Waals surface area contributed by atoms with Crippen LogP contribution in [0.25, 0.3) is 0 Å². The highest BCUT2D eigenvalue weighted by Crippen LogP contribution is 1.94. The minimum Gasteiger partial charge on any atom is -0.313 e. The van der Waals surface area contributed by atoms with Gasteiger partial charge in [0.15, 0.2) is 0 Å². The van der Waals surface area contributed by atoms with Crippen LogP contribution in [0.2, 0.25) is 0 Å². The molecule has 2 aliphatic rings. The van der Waals surface area contributed by atoms with Crippen molar-refractivity contribution < 1.29 is 0 Å². The third-order valence-electron chi connectivity index (χ3n) is 2.44. The molecule has 2 aliphatic heterocycles. The number of hydrazone groups is 2. The molecule has 2 fully saturated rings. The predicted molar refractivity (Wildman–Crippen MR) is 60.8 cm³/mol. The summed E-state index contributed by atoms with van der Waals surface area (Å²) in [7, 11) is 0. The molecule has 6 heteroatoms. The molecular formula is C9H18N6. The smallest absolute Gasteiger partial charge is 0.0686 e. The fourth-order valence-electron chi connectivity index (χ4n) is 1.62. The molecule has 84 valence electrons. The summed E-state index contributed by atoms with van der Waals surface area (Å²) in [6, 6.07) is 0. The Morgan fingerprint density at radius 1 is 0.933 bits per heavy atom. The maximum absolute atomic E-state index is 4.31. The highest BCUT2D eigenvalue weighted by molar-refractivity contribution is 6.15. The lowest BCUT2D eigenvalue weighted by Crippen LogP contribution is -2.40. The summed E-state index contributed by atoms with van der Waals surface area (Å²) >= 11 is 0. The number of piperazine rings is 1. The second kappa shape index (κ2) is 5.67. The minimum atomic E-state index is 0.978. The van der Waals surface area contributed by atoms with Crippen LogP contribution in [0.5, 0.6) is 0 Å². The summed E-state index contributed by atoms with van der Waals surface area (Å²) in [5.41, 5.74) is 3.15. The van der Waals surface area contributed by atoms with E-state index in [1.807, 2.05) is 5.12 Å². The number of nitrogens with zero attached hydrogens (tertiary/aromatic N) is 4. The van der Waals surface area contributed by atoms with Crippen molar-refractivity contribution in [2.45, 2.75) is 6.42 Å². The average Bonchev–Trinajstić information content (AvgIpc) is 2.79. The first-order chi connectivity index (χ1) is 7.45. The Kier molecular flexibility index (Phi) is 3.92. The number of nitrogens with one attached hydrogen (secondary N) is 2. The molecule has 6 nitrogen and oxygen atoms in total. The van der Waals surface area contributed by atoms with Crippen LogP contribution in [0.3, 0.4) is 0 Å². The van der Waals surface area contributed by atoms with Gasteiger partial charge in [-0.25, -0.2) is 10.5 Å². The molecule has 0 bridgehead atoms. The molecule has 0 unspecified atom stereocenters. The Morgan fingerprint density at radius 3 is 2.47 bits per heavy atom. The SMILES string of the molecule is C(C=NN1CCCN1)=NN1CCNCC1. The van der Waals surface area contributed by atoms with Gasteiger partial charge in [0, 0.05) is 32.7 Å². The number of hydrogen-bond acceptors (Lipinski definition) is 6. The van der Waals surface area contributed by atoms with Crippen molar-refractivity contribution in [2.75, 3.05) is 39.3 Å². The van der Waals surface area contributed by atoms with Crippen molar-refractivity contribution in [3.63, 3.8) is 0 Å². The second-order valence-electron chi connectivity index (χ2n) is 3.62. The molecule has 0 aliphatic carbocycles. The predicted octanol–water partition coefficient (Wildman–Crippen LogP) is -0.926. The number of rotatable bonds is 3. The van der Waals surface area contributed by atoms with E-state index in [0.29, 0.717) is 0 Å². The van der Waals surface area contributed by atoms with Crippen molar-refractivity contribution in [2.24, 2.45) is 10.2 Å². The molecule has 0 aromatic carbocycles. The summed E-state index contributed by atoms with van der Waals surface area (Å²) in [4.78, 5) is 0. The van der Waals surface area contributed by atoms with E-state index in [4.69, 9.17) is 0 Å². The van der Waals surface area contributed by atoms with Crippen LogP contribution in [0.4, 0.5) is 0 Å². The molecule has 0 saturated carbocycles. The number of hydrogen-bond donors (Lipinski definition) is 2. The molecule has 0 aromatic heterocycles. The summed E-state index contributed by atoms with van der Waals surface area (Å²) in [6.07, 6.45) is 4.65. The quantitative estimate of drug-likeness (QED) is 0.591. The van der Waals surface area contributed by atoms with Crippen LogP contribution in [0, 0.1) is 0 Å². The third kappa shape index (κ3) is 3.49. The Balaban J connectivity index is 1.68. The van der Waals surface area contributed by atoms with Gasteiger partial charge < -0.3 is 5.32 Å². The van der Waals surface area contributed by atoms with Crippen molar-refractivity contribution >= 4 is 12.4 Å². The van der Waals surface area contributed by atoms with Crippen LogP contribution in [-0.2, 0) is 0 Å². The summed E-state index contributed by atoms with van der Waals surface area (Å²) < 4.78 is 0. The van der Waals surface area contributed by atoms with Crippen molar-refractivity contribution in [3.8, 4) is 0 Å². The first kappa shape index (κ1) is 10.4. The highest BCUT2D eigenvalue weighted by Gasteiger charge is 2.06. The molecule has 2 N–H and O–H groups in total. The van der Waals surface area contributed by atoms with Crippen molar-refractivity contribution in [3.05, 3.63) is 0 Å². The van der Waals surface area contributed by atoms with Gasteiger partial charge in [0.2, 0.25) is 0 Å². The summed E-state index contributed by atoms with van der Waals surface area (Å²) in [5, 5.41) is 15.7. The van der Waals surface area contributed by atoms with Gasteiger partial charge in [-0.1, -0.05) is 0 Å². The standard InChI is InChI=1S/C9H18N6/c1-2-12-15(7-1)13-4-3-11-14-8-5-10-6-9-14/h3-4,10,12H,1-2,5-9H2. The van der Waals surface area contributed by atoms with E-state index in [2.05, 4.69) is 26.0 Å². The molecule has 0 spiro atoms. The zero-order chi connectivity index (χ0) is 10.3. The van der Waals surface area contributed by atoms with Crippen LogP contribution in [0.15, 0.2) is 10.2 Å². The molecule has 0 radical (unpaired) electrons. The Bertz CT molecular complexity index is 227. The van der Waals surface area contributed by atoms with E-state index in [0.717, 1.165) is 45.7 Å². The zero-order valence-electron chi connectivity index (χ0n) is 8.89. The minimum absolute atomic E-state index is 0.978. The molecule has 2 saturated heterocycles. The first-order valence-corrected chi connectivity index (χ1v) is 5.48. The van der Waals surface area contributed by atoms with E-state index >= 15 is 0 Å². The molecule has 0 atom stereocenters. The lowest BCUT2D eigenvalue weighted by Gasteiger charge is -2.23. The van der Waals surface area contributed by atoms with Gasteiger partial charge in [-0.2, -0.15) is 10.2 Å². The molecular weight excluding hydrogens is 192 g/mol. The number of hydrazine groups is 1. The van der Waals surface area contributed by atoms with Crippen LogP contribution < -0.4 is 10.7 Å². The van der Waals surface area contributed by atoms with Crippen molar-refractivity contribution in [1.82, 2.24) is 20.9 Å². The van der Waals surface area contributed by atoms with E-state index in [1.165, 1.54) is 0 Å². The van der Waals surface area contributed by atoms with Gasteiger partial charge in [0.1, 0.15) is 0 Å². The van der Waals surface area contributed by atoms with Gasteiger partial charge in [0.05, 0.1) is 19.0 Å². The third-order valence-corrected chi connectivity index (χ3v) is 2.44. The van der Waals surface area contributed by atoms with E-state index in [9.17, 15) is 0 Å². The van der Waals surface area contributed by atoms with E-state index < -0.39 is 0 Å². The van der Waals surface area contributed by atoms with Crippen LogP contribution in [-0.4, -0.2) is 61.8 Å². The lowest BCUT2D eigenvalue weighted by molar-refractivity contribution is 0.253. The summed E-state index contributed by atoms with van der Waals surface area (Å²) in [6.45, 7) is 5.99. The largest absolute Gasteiger partial charge is 0.313 e. The average molecular weight is 210 g/mol. The van der Waals surface area contributed by atoms with Gasteiger partial charge >= 0.3 is 0 Å². The monoisotopic (exact) mass is 210 g/mol. The van der Waals surface area contributed by atoms with Gasteiger partial charge in [-0.05, 0) is 6.42 Å². The van der Waals surface area contributed by atoms with Gasteiger partial charge in [0.25, 0.3) is 0 Å². The molecule has 2 rings (SSSR count). The second-order valence-corrected chi connectivity index (χ2v) is 3.62. The lowest BCUT2D eigenvalue weighted by atomic mass is 10.4. The zero-order valence-corrected chi connectivity index (χ0v) is 8.89. The maximum Gasteiger partial charge on any atom is 0.0686 e. The first-order valence-electron chi connectivity index (χ1n) is 5.48. The molecule has 2 heterocycles. The molecule has 15 heavy (non-hydrogen) atoms. The molecule has 0 aromatic rings. The van der Waals surface area contributed by atoms with E-state index in [1.54, 1.807) is 12.4 Å². The van der Waals surface area contributed by atoms with Crippen LogP contribution in [0.1, 0.15) is 6.42 Å². The fraction of sp³-hybridized carbons (Fsp3) is 0.778. The van der Waals surface area contributed by atoms with Crippen LogP contribution >= 0.6 is 0 Å². The maximum atomic E-state index is 4.31. The topological polar surface area (TPSA) is 55.3 Å².